The van der Waals surface area contributed by atoms with Crippen molar-refractivity contribution in [1.82, 2.24) is 4.90 Å². The van der Waals surface area contributed by atoms with Crippen molar-refractivity contribution in [2.45, 2.75) is 36.8 Å². The van der Waals surface area contributed by atoms with Gasteiger partial charge in [-0.25, -0.2) is 4.79 Å². The van der Waals surface area contributed by atoms with Crippen LogP contribution in [0, 0.1) is 5.92 Å². The normalized spacial score (nSPS) is 30.5. The van der Waals surface area contributed by atoms with Gasteiger partial charge in [-0.2, -0.15) is 0 Å². The van der Waals surface area contributed by atoms with Crippen LogP contribution in [0.3, 0.4) is 0 Å². The summed E-state index contributed by atoms with van der Waals surface area (Å²) in [5, 5.41) is 14.8. The molecule has 5 nitrogen and oxygen atoms in total. The molecule has 4 rings (SSSR count). The molecule has 0 aromatic heterocycles. The van der Waals surface area contributed by atoms with Crippen molar-refractivity contribution >= 4 is 11.7 Å². The first-order valence-electron chi connectivity index (χ1n) is 9.80. The molecule has 1 fully saturated rings. The Balaban J connectivity index is 1.99. The van der Waals surface area contributed by atoms with Crippen molar-refractivity contribution in [3.8, 4) is 0 Å². The lowest BCUT2D eigenvalue weighted by Crippen LogP contribution is -2.57. The summed E-state index contributed by atoms with van der Waals surface area (Å²) in [6, 6.07) is 8.26. The second-order valence-electron chi connectivity index (χ2n) is 8.21. The molecule has 4 atom stereocenters. The average Bonchev–Trinajstić information content (AvgIpc) is 3.24. The molecule has 28 heavy (non-hydrogen) atoms. The quantitative estimate of drug-likeness (QED) is 0.607. The molecular weight excluding hydrogens is 352 g/mol. The zero-order chi connectivity index (χ0) is 20.1. The van der Waals surface area contributed by atoms with E-state index in [-0.39, 0.29) is 23.3 Å². The summed E-state index contributed by atoms with van der Waals surface area (Å²) in [5.41, 5.74) is 2.29. The third kappa shape index (κ3) is 2.43. The van der Waals surface area contributed by atoms with Gasteiger partial charge < -0.3 is 15.2 Å². The van der Waals surface area contributed by atoms with E-state index in [0.29, 0.717) is 12.0 Å². The maximum Gasteiger partial charge on any atom is 0.335 e. The number of aliphatic hydroxyl groups is 1. The first-order chi connectivity index (χ1) is 13.4. The van der Waals surface area contributed by atoms with Crippen molar-refractivity contribution in [2.24, 2.45) is 5.92 Å². The van der Waals surface area contributed by atoms with Crippen LogP contribution in [0.25, 0.3) is 0 Å². The molecular formula is C23H28N2O3. The third-order valence-corrected chi connectivity index (χ3v) is 6.87. The number of likely N-dealkylation sites (tertiary alicyclic amines) is 1. The average molecular weight is 380 g/mol. The van der Waals surface area contributed by atoms with Crippen molar-refractivity contribution < 1.29 is 14.6 Å². The highest BCUT2D eigenvalue weighted by Gasteiger charge is 2.63. The number of esters is 1. The Labute approximate surface area is 166 Å². The second-order valence-corrected chi connectivity index (χ2v) is 8.21. The number of rotatable bonds is 5. The maximum absolute atomic E-state index is 12.8. The van der Waals surface area contributed by atoms with Gasteiger partial charge >= 0.3 is 5.97 Å². The fourth-order valence-corrected chi connectivity index (χ4v) is 5.58. The molecule has 5 heteroatoms. The lowest BCUT2D eigenvalue weighted by atomic mass is 9.60. The summed E-state index contributed by atoms with van der Waals surface area (Å²) >= 11 is 0. The zero-order valence-electron chi connectivity index (χ0n) is 16.6. The molecule has 0 bridgehead atoms. The number of para-hydroxylation sites is 1. The molecule has 148 valence electrons. The second kappa shape index (κ2) is 6.61. The Morgan fingerprint density at radius 3 is 2.89 bits per heavy atom. The van der Waals surface area contributed by atoms with Gasteiger partial charge in [0.05, 0.1) is 23.7 Å². The Bertz CT molecular complexity index is 872. The van der Waals surface area contributed by atoms with Gasteiger partial charge in [0.15, 0.2) is 0 Å². The standard InChI is InChI=1S/C23H28N2O3/c1-5-12-25-13-11-23-16-9-7-8-10-18(16)24-19(23)15(21(26)28-4)14-17(20(23)25)22(3,27)6-2/h5-10,17,20,24,27H,1-2,11-14H2,3-4H3/t17-,20+,22-,23+/m1/s1. The van der Waals surface area contributed by atoms with Gasteiger partial charge in [0.25, 0.3) is 0 Å². The number of ether oxygens (including phenoxy) is 1. The summed E-state index contributed by atoms with van der Waals surface area (Å²) in [4.78, 5) is 15.1. The van der Waals surface area contributed by atoms with Crippen molar-refractivity contribution in [3.05, 3.63) is 66.4 Å². The number of carbonyl (C=O) groups excluding carboxylic acids is 1. The van der Waals surface area contributed by atoms with Gasteiger partial charge in [-0.15, -0.1) is 13.2 Å². The molecule has 2 heterocycles. The highest BCUT2D eigenvalue weighted by molar-refractivity contribution is 5.93. The van der Waals surface area contributed by atoms with Crippen LogP contribution in [0.5, 0.6) is 0 Å². The predicted octanol–water partition coefficient (Wildman–Crippen LogP) is 2.99. The molecule has 2 N–H and O–H groups in total. The molecule has 1 aromatic rings. The lowest BCUT2D eigenvalue weighted by Gasteiger charge is -2.49. The van der Waals surface area contributed by atoms with Crippen LogP contribution in [0.15, 0.2) is 60.8 Å². The number of carbonyl (C=O) groups is 1. The molecule has 1 saturated heterocycles. The molecule has 0 radical (unpaired) electrons. The zero-order valence-corrected chi connectivity index (χ0v) is 16.6. The summed E-state index contributed by atoms with van der Waals surface area (Å²) < 4.78 is 5.14. The number of nitrogens with one attached hydrogen (secondary N) is 1. The number of fused-ring (bicyclic) bond motifs is 1. The van der Waals surface area contributed by atoms with Crippen LogP contribution < -0.4 is 5.32 Å². The van der Waals surface area contributed by atoms with E-state index < -0.39 is 5.60 Å². The fourth-order valence-electron chi connectivity index (χ4n) is 5.58. The lowest BCUT2D eigenvalue weighted by molar-refractivity contribution is -0.137. The van der Waals surface area contributed by atoms with Crippen LogP contribution in [0.2, 0.25) is 0 Å². The van der Waals surface area contributed by atoms with E-state index in [2.05, 4.69) is 35.5 Å². The Morgan fingerprint density at radius 2 is 2.21 bits per heavy atom. The Kier molecular flexibility index (Phi) is 4.47. The van der Waals surface area contributed by atoms with Gasteiger partial charge in [-0.05, 0) is 31.4 Å². The summed E-state index contributed by atoms with van der Waals surface area (Å²) in [5.74, 6) is -0.529. The molecule has 1 spiro atoms. The number of anilines is 1. The van der Waals surface area contributed by atoms with E-state index in [9.17, 15) is 9.90 Å². The number of benzene rings is 1. The molecule has 3 aliphatic rings. The van der Waals surface area contributed by atoms with E-state index in [0.717, 1.165) is 30.9 Å². The monoisotopic (exact) mass is 380 g/mol. The highest BCUT2D eigenvalue weighted by Crippen LogP contribution is 2.60. The highest BCUT2D eigenvalue weighted by atomic mass is 16.5. The third-order valence-electron chi connectivity index (χ3n) is 6.87. The topological polar surface area (TPSA) is 61.8 Å². The largest absolute Gasteiger partial charge is 0.466 e. The predicted molar refractivity (Wildman–Crippen MR) is 110 cm³/mol. The minimum absolute atomic E-state index is 0.0260. The van der Waals surface area contributed by atoms with Crippen LogP contribution in [0.4, 0.5) is 5.69 Å². The molecule has 0 unspecified atom stereocenters. The minimum atomic E-state index is -1.12. The van der Waals surface area contributed by atoms with E-state index in [1.807, 2.05) is 18.2 Å². The van der Waals surface area contributed by atoms with Gasteiger partial charge in [0.2, 0.25) is 0 Å². The molecule has 0 saturated carbocycles. The van der Waals surface area contributed by atoms with Crippen LogP contribution in [-0.2, 0) is 14.9 Å². The maximum atomic E-state index is 12.8. The van der Waals surface area contributed by atoms with E-state index in [1.165, 1.54) is 12.7 Å². The molecule has 0 amide bonds. The first-order valence-corrected chi connectivity index (χ1v) is 9.80. The Hall–Kier alpha value is -2.37. The van der Waals surface area contributed by atoms with Crippen molar-refractivity contribution in [1.29, 1.82) is 0 Å². The summed E-state index contributed by atoms with van der Waals surface area (Å²) in [6.45, 7) is 11.2. The Morgan fingerprint density at radius 1 is 1.46 bits per heavy atom. The molecule has 2 aliphatic heterocycles. The summed E-state index contributed by atoms with van der Waals surface area (Å²) in [7, 11) is 1.41. The van der Waals surface area contributed by atoms with E-state index in [4.69, 9.17) is 4.74 Å². The number of nitrogens with zero attached hydrogens (tertiary/aromatic N) is 1. The minimum Gasteiger partial charge on any atom is -0.466 e. The van der Waals surface area contributed by atoms with Crippen LogP contribution in [0.1, 0.15) is 25.3 Å². The molecule has 1 aliphatic carbocycles. The smallest absolute Gasteiger partial charge is 0.335 e. The van der Waals surface area contributed by atoms with Gasteiger partial charge in [-0.1, -0.05) is 30.4 Å². The number of hydrogen-bond acceptors (Lipinski definition) is 5. The fraction of sp³-hybridized carbons (Fsp3) is 0.435. The van der Waals surface area contributed by atoms with Crippen molar-refractivity contribution in [2.75, 3.05) is 25.5 Å². The number of hydrogen-bond donors (Lipinski definition) is 2. The van der Waals surface area contributed by atoms with Gasteiger partial charge in [0, 0.05) is 36.4 Å². The van der Waals surface area contributed by atoms with Crippen LogP contribution in [-0.4, -0.2) is 47.8 Å². The molecule has 1 aromatic carbocycles. The van der Waals surface area contributed by atoms with Crippen LogP contribution >= 0.6 is 0 Å². The first kappa shape index (κ1) is 19.0. The van der Waals surface area contributed by atoms with E-state index in [1.54, 1.807) is 13.0 Å². The van der Waals surface area contributed by atoms with Gasteiger partial charge in [0.1, 0.15) is 0 Å². The SMILES string of the molecule is C=CCN1CC[C@]23C(=C(C(=O)OC)C[C@@H]([C@](C)(O)C=C)[C@H]12)Nc1ccccc13. The van der Waals surface area contributed by atoms with Gasteiger partial charge in [-0.3, -0.25) is 4.90 Å². The summed E-state index contributed by atoms with van der Waals surface area (Å²) in [6.07, 6.45) is 4.81. The van der Waals surface area contributed by atoms with Crippen molar-refractivity contribution in [3.63, 3.8) is 0 Å². The van der Waals surface area contributed by atoms with E-state index >= 15 is 0 Å². The number of methoxy groups -OCH3 is 1.